The standard InChI is InChI=1S/C28H30N3O5P/c1-4-35-37(34,36-5-2)23-15-16-25-24(17-23)26(28(33)31-25)27(21-9-7-6-8-10-21)30-22-13-11-20(12-14-22)18-29-19(3)32/h6-17,31,33H,4-5,18H2,1-3H3,(H,29,32). The predicted octanol–water partition coefficient (Wildman–Crippen LogP) is 5.57. The Morgan fingerprint density at radius 2 is 1.68 bits per heavy atom. The summed E-state index contributed by atoms with van der Waals surface area (Å²) in [6.45, 7) is 5.89. The van der Waals surface area contributed by atoms with Crippen LogP contribution in [0.25, 0.3) is 10.9 Å². The highest BCUT2D eigenvalue weighted by molar-refractivity contribution is 7.62. The second-order valence-corrected chi connectivity index (χ2v) is 10.3. The van der Waals surface area contributed by atoms with Crippen LogP contribution in [0.1, 0.15) is 37.5 Å². The van der Waals surface area contributed by atoms with E-state index in [4.69, 9.17) is 14.0 Å². The Morgan fingerprint density at radius 3 is 2.30 bits per heavy atom. The molecule has 0 saturated heterocycles. The Balaban J connectivity index is 1.85. The molecule has 0 atom stereocenters. The van der Waals surface area contributed by atoms with E-state index in [1.165, 1.54) is 6.92 Å². The fourth-order valence-corrected chi connectivity index (χ4v) is 5.60. The van der Waals surface area contributed by atoms with E-state index < -0.39 is 7.60 Å². The molecular weight excluding hydrogens is 489 g/mol. The number of benzene rings is 3. The molecule has 37 heavy (non-hydrogen) atoms. The number of nitrogens with zero attached hydrogens (tertiary/aromatic N) is 1. The summed E-state index contributed by atoms with van der Waals surface area (Å²) in [5, 5.41) is 14.8. The zero-order valence-electron chi connectivity index (χ0n) is 21.0. The van der Waals surface area contributed by atoms with Crippen LogP contribution in [0.5, 0.6) is 5.88 Å². The van der Waals surface area contributed by atoms with Gasteiger partial charge in [-0.2, -0.15) is 0 Å². The van der Waals surface area contributed by atoms with Gasteiger partial charge in [0.2, 0.25) is 5.91 Å². The van der Waals surface area contributed by atoms with Crippen LogP contribution in [0.15, 0.2) is 77.8 Å². The van der Waals surface area contributed by atoms with Crippen LogP contribution >= 0.6 is 7.60 Å². The van der Waals surface area contributed by atoms with E-state index >= 15 is 0 Å². The molecule has 4 rings (SSSR count). The molecule has 0 radical (unpaired) electrons. The Labute approximate surface area is 215 Å². The maximum atomic E-state index is 13.5. The van der Waals surface area contributed by atoms with Gasteiger partial charge in [-0.05, 0) is 49.7 Å². The van der Waals surface area contributed by atoms with E-state index in [9.17, 15) is 14.5 Å². The highest BCUT2D eigenvalue weighted by Crippen LogP contribution is 2.47. The lowest BCUT2D eigenvalue weighted by Crippen LogP contribution is -2.18. The minimum Gasteiger partial charge on any atom is -0.494 e. The van der Waals surface area contributed by atoms with Gasteiger partial charge in [-0.15, -0.1) is 0 Å². The molecule has 0 aliphatic rings. The van der Waals surface area contributed by atoms with Gasteiger partial charge in [-0.3, -0.25) is 9.36 Å². The molecule has 0 unspecified atom stereocenters. The van der Waals surface area contributed by atoms with Crippen LogP contribution in [0.3, 0.4) is 0 Å². The number of hydrogen-bond acceptors (Lipinski definition) is 6. The molecule has 0 bridgehead atoms. The first-order chi connectivity index (χ1) is 17.8. The zero-order chi connectivity index (χ0) is 26.4. The first kappa shape index (κ1) is 26.4. The van der Waals surface area contributed by atoms with Gasteiger partial charge in [0.1, 0.15) is 0 Å². The number of aromatic hydroxyl groups is 1. The quantitative estimate of drug-likeness (QED) is 0.187. The molecule has 192 valence electrons. The van der Waals surface area contributed by atoms with Crippen molar-refractivity contribution in [1.82, 2.24) is 10.3 Å². The summed E-state index contributed by atoms with van der Waals surface area (Å²) in [5.41, 5.74) is 4.08. The minimum absolute atomic E-state index is 0.0558. The third-order valence-electron chi connectivity index (χ3n) is 5.68. The Morgan fingerprint density at radius 1 is 1.00 bits per heavy atom. The number of aromatic nitrogens is 1. The van der Waals surface area contributed by atoms with Crippen LogP contribution < -0.4 is 10.6 Å². The summed E-state index contributed by atoms with van der Waals surface area (Å²) >= 11 is 0. The number of hydrogen-bond donors (Lipinski definition) is 3. The van der Waals surface area contributed by atoms with Crippen molar-refractivity contribution in [1.29, 1.82) is 0 Å². The van der Waals surface area contributed by atoms with E-state index in [0.717, 1.165) is 11.1 Å². The molecule has 0 aliphatic carbocycles. The number of carbonyl (C=O) groups excluding carboxylic acids is 1. The summed E-state index contributed by atoms with van der Waals surface area (Å²) in [6.07, 6.45) is 0. The van der Waals surface area contributed by atoms with Gasteiger partial charge in [-0.25, -0.2) is 4.99 Å². The van der Waals surface area contributed by atoms with Crippen LogP contribution in [0.2, 0.25) is 0 Å². The van der Waals surface area contributed by atoms with Gasteiger partial charge in [0.15, 0.2) is 5.88 Å². The predicted molar refractivity (Wildman–Crippen MR) is 146 cm³/mol. The number of H-pyrrole nitrogens is 1. The van der Waals surface area contributed by atoms with Crippen molar-refractivity contribution in [3.8, 4) is 5.88 Å². The molecule has 0 saturated carbocycles. The van der Waals surface area contributed by atoms with Gasteiger partial charge in [0.05, 0.1) is 35.5 Å². The van der Waals surface area contributed by atoms with E-state index in [1.54, 1.807) is 32.0 Å². The summed E-state index contributed by atoms with van der Waals surface area (Å²) in [4.78, 5) is 19.1. The number of amides is 1. The van der Waals surface area contributed by atoms with E-state index in [1.807, 2.05) is 54.6 Å². The Kier molecular flexibility index (Phi) is 8.24. The average Bonchev–Trinajstić information content (AvgIpc) is 3.22. The van der Waals surface area contributed by atoms with Gasteiger partial charge in [0.25, 0.3) is 0 Å². The normalized spacial score (nSPS) is 12.1. The third-order valence-corrected chi connectivity index (χ3v) is 7.79. The van der Waals surface area contributed by atoms with Crippen LogP contribution in [0.4, 0.5) is 5.69 Å². The number of carbonyl (C=O) groups is 1. The molecule has 1 heterocycles. The van der Waals surface area contributed by atoms with E-state index in [2.05, 4.69) is 10.3 Å². The molecular formula is C28H30N3O5P. The van der Waals surface area contributed by atoms with Crippen molar-refractivity contribution >= 4 is 41.1 Å². The molecule has 1 aromatic heterocycles. The van der Waals surface area contributed by atoms with Gasteiger partial charge in [-0.1, -0.05) is 42.5 Å². The monoisotopic (exact) mass is 519 g/mol. The van der Waals surface area contributed by atoms with Crippen LogP contribution in [-0.2, 0) is 25.0 Å². The second-order valence-electron chi connectivity index (χ2n) is 8.31. The molecule has 1 amide bonds. The number of rotatable bonds is 10. The van der Waals surface area contributed by atoms with E-state index in [-0.39, 0.29) is 25.0 Å². The number of fused-ring (bicyclic) bond motifs is 1. The molecule has 0 fully saturated rings. The zero-order valence-corrected chi connectivity index (χ0v) is 21.9. The summed E-state index contributed by atoms with van der Waals surface area (Å²) < 4.78 is 24.5. The Hall–Kier alpha value is -3.71. The van der Waals surface area contributed by atoms with Gasteiger partial charge in [0, 0.05) is 29.9 Å². The summed E-state index contributed by atoms with van der Waals surface area (Å²) in [6, 6.07) is 22.2. The molecule has 0 spiro atoms. The molecule has 4 aromatic rings. The summed E-state index contributed by atoms with van der Waals surface area (Å²) in [7, 11) is -3.54. The summed E-state index contributed by atoms with van der Waals surface area (Å²) in [5.74, 6) is -0.152. The van der Waals surface area contributed by atoms with Gasteiger partial charge >= 0.3 is 7.60 Å². The molecule has 8 nitrogen and oxygen atoms in total. The molecule has 3 aromatic carbocycles. The lowest BCUT2D eigenvalue weighted by molar-refractivity contribution is -0.119. The largest absolute Gasteiger partial charge is 0.494 e. The van der Waals surface area contributed by atoms with Crippen molar-refractivity contribution in [3.05, 3.63) is 89.5 Å². The highest BCUT2D eigenvalue weighted by atomic mass is 31.2. The van der Waals surface area contributed by atoms with Crippen molar-refractivity contribution in [2.45, 2.75) is 27.3 Å². The van der Waals surface area contributed by atoms with Gasteiger partial charge < -0.3 is 24.5 Å². The molecule has 3 N–H and O–H groups in total. The molecule has 9 heteroatoms. The first-order valence-corrected chi connectivity index (χ1v) is 13.6. The number of aromatic amines is 1. The molecule has 0 aliphatic heterocycles. The lowest BCUT2D eigenvalue weighted by atomic mass is 10.0. The highest BCUT2D eigenvalue weighted by Gasteiger charge is 2.28. The number of nitrogens with one attached hydrogen (secondary N) is 2. The second kappa shape index (κ2) is 11.6. The van der Waals surface area contributed by atoms with Crippen molar-refractivity contribution in [2.75, 3.05) is 13.2 Å². The third kappa shape index (κ3) is 6.00. The van der Waals surface area contributed by atoms with Crippen LogP contribution in [-0.4, -0.2) is 34.9 Å². The fourth-order valence-electron chi connectivity index (χ4n) is 4.01. The van der Waals surface area contributed by atoms with Crippen LogP contribution in [0, 0.1) is 0 Å². The maximum Gasteiger partial charge on any atom is 0.361 e. The van der Waals surface area contributed by atoms with Crippen molar-refractivity contribution in [2.24, 2.45) is 4.99 Å². The first-order valence-electron chi connectivity index (χ1n) is 12.1. The fraction of sp³-hybridized carbons (Fsp3) is 0.214. The maximum absolute atomic E-state index is 13.5. The Bertz CT molecular complexity index is 1450. The smallest absolute Gasteiger partial charge is 0.361 e. The minimum atomic E-state index is -3.54. The van der Waals surface area contributed by atoms with Crippen molar-refractivity contribution < 1.29 is 23.5 Å². The van der Waals surface area contributed by atoms with Crippen molar-refractivity contribution in [3.63, 3.8) is 0 Å². The number of aliphatic imine (C=N–C) groups is 1. The topological polar surface area (TPSA) is 113 Å². The SMILES string of the molecule is CCOP(=O)(OCC)c1ccc2[nH]c(O)c(C(=Nc3ccc(CNC(C)=O)cc3)c3ccccc3)c2c1. The van der Waals surface area contributed by atoms with E-state index in [0.29, 0.717) is 39.7 Å². The lowest BCUT2D eigenvalue weighted by Gasteiger charge is -2.17. The average molecular weight is 520 g/mol.